The van der Waals surface area contributed by atoms with Gasteiger partial charge in [-0.2, -0.15) is 0 Å². The van der Waals surface area contributed by atoms with E-state index in [9.17, 15) is 14.4 Å². The fourth-order valence-electron chi connectivity index (χ4n) is 1.88. The Bertz CT molecular complexity index is 774. The molecule has 7 nitrogen and oxygen atoms in total. The SMILES string of the molecule is CSc1ccc(C(=O)COC(=O)CSCC(=O)Nc2cc(C)on2)cc1. The predicted molar refractivity (Wildman–Crippen MR) is 101 cm³/mol. The first kappa shape index (κ1) is 20.1. The van der Waals surface area contributed by atoms with Gasteiger partial charge in [-0.1, -0.05) is 17.3 Å². The number of esters is 1. The molecule has 0 saturated heterocycles. The van der Waals surface area contributed by atoms with Crippen LogP contribution < -0.4 is 5.32 Å². The summed E-state index contributed by atoms with van der Waals surface area (Å²) in [6.45, 7) is 1.40. The number of hydrogen-bond donors (Lipinski definition) is 1. The molecule has 0 aliphatic rings. The molecular formula is C17H18N2O5S2. The molecule has 0 bridgehead atoms. The fraction of sp³-hybridized carbons (Fsp3) is 0.294. The van der Waals surface area contributed by atoms with Gasteiger partial charge >= 0.3 is 5.97 Å². The van der Waals surface area contributed by atoms with Crippen molar-refractivity contribution in [2.24, 2.45) is 0 Å². The van der Waals surface area contributed by atoms with Gasteiger partial charge in [0.2, 0.25) is 5.91 Å². The van der Waals surface area contributed by atoms with E-state index >= 15 is 0 Å². The predicted octanol–water partition coefficient (Wildman–Crippen LogP) is 2.80. The smallest absolute Gasteiger partial charge is 0.316 e. The second-order valence-electron chi connectivity index (χ2n) is 5.18. The van der Waals surface area contributed by atoms with Crippen LogP contribution >= 0.6 is 23.5 Å². The average molecular weight is 394 g/mol. The number of nitrogens with zero attached hydrogens (tertiary/aromatic N) is 1. The van der Waals surface area contributed by atoms with Crippen molar-refractivity contribution in [2.75, 3.05) is 29.7 Å². The summed E-state index contributed by atoms with van der Waals surface area (Å²) in [6.07, 6.45) is 1.95. The molecule has 0 fully saturated rings. The van der Waals surface area contributed by atoms with Crippen LogP contribution in [0, 0.1) is 6.92 Å². The Balaban J connectivity index is 1.65. The molecule has 1 heterocycles. The summed E-state index contributed by atoms with van der Waals surface area (Å²) in [7, 11) is 0. The van der Waals surface area contributed by atoms with Gasteiger partial charge < -0.3 is 14.6 Å². The lowest BCUT2D eigenvalue weighted by molar-refractivity contribution is -0.139. The molecular weight excluding hydrogens is 376 g/mol. The van der Waals surface area contributed by atoms with Crippen LogP contribution in [-0.2, 0) is 14.3 Å². The lowest BCUT2D eigenvalue weighted by Crippen LogP contribution is -2.18. The van der Waals surface area contributed by atoms with Crippen LogP contribution in [-0.4, -0.2) is 47.2 Å². The fourth-order valence-corrected chi connectivity index (χ4v) is 2.90. The zero-order valence-electron chi connectivity index (χ0n) is 14.3. The minimum absolute atomic E-state index is 0.0239. The third-order valence-electron chi connectivity index (χ3n) is 3.12. The molecule has 2 aromatic rings. The van der Waals surface area contributed by atoms with Gasteiger partial charge in [-0.25, -0.2) is 0 Å². The molecule has 1 N–H and O–H groups in total. The number of thioether (sulfide) groups is 2. The van der Waals surface area contributed by atoms with Crippen molar-refractivity contribution in [2.45, 2.75) is 11.8 Å². The van der Waals surface area contributed by atoms with Crippen molar-refractivity contribution in [1.29, 1.82) is 0 Å². The Kier molecular flexibility index (Phi) is 7.73. The van der Waals surface area contributed by atoms with Gasteiger partial charge in [-0.05, 0) is 25.3 Å². The summed E-state index contributed by atoms with van der Waals surface area (Å²) in [5.41, 5.74) is 0.491. The molecule has 26 heavy (non-hydrogen) atoms. The summed E-state index contributed by atoms with van der Waals surface area (Å²) in [6, 6.07) is 8.67. The van der Waals surface area contributed by atoms with Gasteiger partial charge in [0.1, 0.15) is 5.76 Å². The van der Waals surface area contributed by atoms with Crippen molar-refractivity contribution >= 4 is 47.0 Å². The first-order valence-electron chi connectivity index (χ1n) is 7.61. The highest BCUT2D eigenvalue weighted by molar-refractivity contribution is 8.00. The zero-order valence-corrected chi connectivity index (χ0v) is 15.9. The van der Waals surface area contributed by atoms with Crippen LogP contribution in [0.3, 0.4) is 0 Å². The van der Waals surface area contributed by atoms with Gasteiger partial charge in [-0.3, -0.25) is 14.4 Å². The van der Waals surface area contributed by atoms with Crippen molar-refractivity contribution in [3.63, 3.8) is 0 Å². The summed E-state index contributed by atoms with van der Waals surface area (Å²) in [4.78, 5) is 36.4. The molecule has 0 radical (unpaired) electrons. The minimum Gasteiger partial charge on any atom is -0.457 e. The van der Waals surface area contributed by atoms with Crippen molar-refractivity contribution in [3.8, 4) is 0 Å². The van der Waals surface area contributed by atoms with Crippen molar-refractivity contribution in [1.82, 2.24) is 5.16 Å². The van der Waals surface area contributed by atoms with E-state index in [1.165, 1.54) is 0 Å². The Morgan fingerprint density at radius 2 is 1.92 bits per heavy atom. The van der Waals surface area contributed by atoms with Gasteiger partial charge in [0.15, 0.2) is 18.2 Å². The van der Waals surface area contributed by atoms with E-state index in [-0.39, 0.29) is 29.8 Å². The molecule has 138 valence electrons. The molecule has 0 spiro atoms. The topological polar surface area (TPSA) is 98.5 Å². The molecule has 1 aromatic heterocycles. The van der Waals surface area contributed by atoms with E-state index in [1.54, 1.807) is 36.9 Å². The number of anilines is 1. The summed E-state index contributed by atoms with van der Waals surface area (Å²) >= 11 is 2.67. The maximum absolute atomic E-state index is 12.0. The molecule has 0 saturated carbocycles. The second-order valence-corrected chi connectivity index (χ2v) is 7.04. The van der Waals surface area contributed by atoms with Crippen LogP contribution in [0.1, 0.15) is 16.1 Å². The second kappa shape index (κ2) is 10.0. The summed E-state index contributed by atoms with van der Waals surface area (Å²) in [5, 5.41) is 6.19. The molecule has 1 aromatic carbocycles. The third kappa shape index (κ3) is 6.57. The van der Waals surface area contributed by atoms with E-state index in [0.29, 0.717) is 17.1 Å². The van der Waals surface area contributed by atoms with Crippen LogP contribution in [0.4, 0.5) is 5.82 Å². The highest BCUT2D eigenvalue weighted by atomic mass is 32.2. The normalized spacial score (nSPS) is 10.4. The van der Waals surface area contributed by atoms with E-state index in [0.717, 1.165) is 16.7 Å². The number of ether oxygens (including phenoxy) is 1. The van der Waals surface area contributed by atoms with Gasteiger partial charge in [-0.15, -0.1) is 23.5 Å². The van der Waals surface area contributed by atoms with Crippen LogP contribution in [0.5, 0.6) is 0 Å². The Morgan fingerprint density at radius 3 is 2.54 bits per heavy atom. The summed E-state index contributed by atoms with van der Waals surface area (Å²) in [5.74, 6) is -0.168. The van der Waals surface area contributed by atoms with Crippen molar-refractivity contribution in [3.05, 3.63) is 41.7 Å². The third-order valence-corrected chi connectivity index (χ3v) is 4.77. The average Bonchev–Trinajstić information content (AvgIpc) is 3.04. The van der Waals surface area contributed by atoms with E-state index < -0.39 is 5.97 Å². The van der Waals surface area contributed by atoms with Gasteiger partial charge in [0.25, 0.3) is 0 Å². The molecule has 2 rings (SSSR count). The Morgan fingerprint density at radius 1 is 1.19 bits per heavy atom. The number of aryl methyl sites for hydroxylation is 1. The molecule has 0 aliphatic carbocycles. The monoisotopic (exact) mass is 394 g/mol. The number of amides is 1. The quantitative estimate of drug-likeness (QED) is 0.394. The first-order valence-corrected chi connectivity index (χ1v) is 9.99. The maximum Gasteiger partial charge on any atom is 0.316 e. The maximum atomic E-state index is 12.0. The largest absolute Gasteiger partial charge is 0.457 e. The van der Waals surface area contributed by atoms with Crippen molar-refractivity contribution < 1.29 is 23.6 Å². The molecule has 0 atom stereocenters. The van der Waals surface area contributed by atoms with Crippen LogP contribution in [0.2, 0.25) is 0 Å². The first-order chi connectivity index (χ1) is 12.5. The number of hydrogen-bond acceptors (Lipinski definition) is 8. The number of Topliss-reactive ketones (excluding diaryl/α,β-unsaturated/α-hetero) is 1. The summed E-state index contributed by atoms with van der Waals surface area (Å²) < 4.78 is 9.78. The zero-order chi connectivity index (χ0) is 18.9. The Hall–Kier alpha value is -2.26. The van der Waals surface area contributed by atoms with Crippen LogP contribution in [0.15, 0.2) is 39.8 Å². The number of carbonyl (C=O) groups excluding carboxylic acids is 3. The number of ketones is 1. The number of nitrogens with one attached hydrogen (secondary N) is 1. The number of benzene rings is 1. The Labute approximate surface area is 159 Å². The molecule has 9 heteroatoms. The number of carbonyl (C=O) groups is 3. The van der Waals surface area contributed by atoms with Gasteiger partial charge in [0, 0.05) is 16.5 Å². The van der Waals surface area contributed by atoms with Gasteiger partial charge in [0.05, 0.1) is 11.5 Å². The van der Waals surface area contributed by atoms with E-state index in [2.05, 4.69) is 10.5 Å². The highest BCUT2D eigenvalue weighted by Crippen LogP contribution is 2.15. The highest BCUT2D eigenvalue weighted by Gasteiger charge is 2.12. The standard InChI is InChI=1S/C17H18N2O5S2/c1-11-7-15(19-24-11)18-16(21)9-26-10-17(22)23-8-14(20)12-3-5-13(25-2)6-4-12/h3-7H,8-10H2,1-2H3,(H,18,19,21). The van der Waals surface area contributed by atoms with Crippen LogP contribution in [0.25, 0.3) is 0 Å². The number of rotatable bonds is 9. The lowest BCUT2D eigenvalue weighted by atomic mass is 10.1. The number of aromatic nitrogens is 1. The molecule has 0 aliphatic heterocycles. The molecule has 0 unspecified atom stereocenters. The lowest BCUT2D eigenvalue weighted by Gasteiger charge is -2.05. The van der Waals surface area contributed by atoms with E-state index in [4.69, 9.17) is 9.26 Å². The minimum atomic E-state index is -0.547. The van der Waals surface area contributed by atoms with E-state index in [1.807, 2.05) is 18.4 Å². The molecule has 1 amide bonds.